The molecular weight excluding hydrogens is 342 g/mol. The van der Waals surface area contributed by atoms with E-state index in [1.807, 2.05) is 23.2 Å². The largest absolute Gasteiger partial charge is 0.381 e. The smallest absolute Gasteiger partial charge is 0.219 e. The predicted octanol–water partition coefficient (Wildman–Crippen LogP) is 2.68. The third-order valence-corrected chi connectivity index (χ3v) is 5.81. The number of hydrogen-bond donors (Lipinski definition) is 1. The second-order valence-electron chi connectivity index (χ2n) is 7.39. The van der Waals surface area contributed by atoms with Crippen LogP contribution in [0.4, 0.5) is 0 Å². The Kier molecular flexibility index (Phi) is 3.97. The molecule has 0 bridgehead atoms. The SMILES string of the molecule is CC(=O)N1CCc2c(c(-c3cccc4[nH]ncc34)nn2C2CCOCC2)C1. The second kappa shape index (κ2) is 6.49. The fourth-order valence-corrected chi connectivity index (χ4v) is 4.34. The first-order valence-corrected chi connectivity index (χ1v) is 9.58. The molecule has 0 atom stereocenters. The summed E-state index contributed by atoms with van der Waals surface area (Å²) in [6, 6.07) is 6.52. The second-order valence-corrected chi connectivity index (χ2v) is 7.39. The van der Waals surface area contributed by atoms with Crippen LogP contribution in [0.5, 0.6) is 0 Å². The molecule has 3 aromatic rings. The standard InChI is InChI=1S/C20H23N5O2/c1-13(26)24-8-5-19-17(12-24)20(23-25(19)14-6-9-27-10-7-14)15-3-2-4-18-16(15)11-21-22-18/h2-4,11,14H,5-10,12H2,1H3,(H,21,22). The Morgan fingerprint density at radius 3 is 2.96 bits per heavy atom. The molecule has 4 heterocycles. The number of amides is 1. The quantitative estimate of drug-likeness (QED) is 0.758. The number of hydrogen-bond acceptors (Lipinski definition) is 4. The molecule has 0 saturated carbocycles. The van der Waals surface area contributed by atoms with Crippen molar-refractivity contribution in [2.75, 3.05) is 19.8 Å². The molecule has 0 aliphatic carbocycles. The number of nitrogens with zero attached hydrogens (tertiary/aromatic N) is 4. The molecule has 7 heteroatoms. The van der Waals surface area contributed by atoms with E-state index >= 15 is 0 Å². The summed E-state index contributed by atoms with van der Waals surface area (Å²) in [6.07, 6.45) is 4.68. The summed E-state index contributed by atoms with van der Waals surface area (Å²) in [5.74, 6) is 0.118. The van der Waals surface area contributed by atoms with Gasteiger partial charge in [-0.15, -0.1) is 0 Å². The van der Waals surface area contributed by atoms with Crippen LogP contribution >= 0.6 is 0 Å². The number of benzene rings is 1. The maximum absolute atomic E-state index is 12.0. The van der Waals surface area contributed by atoms with Crippen LogP contribution in [-0.4, -0.2) is 50.5 Å². The van der Waals surface area contributed by atoms with Crippen molar-refractivity contribution in [3.05, 3.63) is 35.7 Å². The third-order valence-electron chi connectivity index (χ3n) is 5.81. The molecule has 2 aliphatic heterocycles. The van der Waals surface area contributed by atoms with Gasteiger partial charge in [0.25, 0.3) is 0 Å². The van der Waals surface area contributed by atoms with E-state index < -0.39 is 0 Å². The minimum Gasteiger partial charge on any atom is -0.381 e. The predicted molar refractivity (Wildman–Crippen MR) is 101 cm³/mol. The fraction of sp³-hybridized carbons (Fsp3) is 0.450. The molecular formula is C20H23N5O2. The molecule has 2 aliphatic rings. The van der Waals surface area contributed by atoms with Gasteiger partial charge in [-0.3, -0.25) is 14.6 Å². The van der Waals surface area contributed by atoms with Crippen LogP contribution in [0.2, 0.25) is 0 Å². The first kappa shape index (κ1) is 16.5. The van der Waals surface area contributed by atoms with E-state index in [1.165, 1.54) is 11.3 Å². The van der Waals surface area contributed by atoms with E-state index in [0.29, 0.717) is 12.6 Å². The van der Waals surface area contributed by atoms with Crippen molar-refractivity contribution in [2.45, 2.75) is 38.8 Å². The van der Waals surface area contributed by atoms with Crippen LogP contribution in [0.25, 0.3) is 22.2 Å². The summed E-state index contributed by atoms with van der Waals surface area (Å²) in [4.78, 5) is 13.9. The Bertz CT molecular complexity index is 999. The molecule has 2 aromatic heterocycles. The van der Waals surface area contributed by atoms with Crippen molar-refractivity contribution < 1.29 is 9.53 Å². The van der Waals surface area contributed by atoms with E-state index in [1.54, 1.807) is 6.92 Å². The van der Waals surface area contributed by atoms with Gasteiger partial charge in [-0.1, -0.05) is 12.1 Å². The minimum absolute atomic E-state index is 0.118. The molecule has 1 saturated heterocycles. The number of carbonyl (C=O) groups is 1. The number of rotatable bonds is 2. The molecule has 0 unspecified atom stereocenters. The zero-order valence-electron chi connectivity index (χ0n) is 15.4. The lowest BCUT2D eigenvalue weighted by Crippen LogP contribution is -2.35. The van der Waals surface area contributed by atoms with Gasteiger partial charge in [0, 0.05) is 61.9 Å². The highest BCUT2D eigenvalue weighted by atomic mass is 16.5. The van der Waals surface area contributed by atoms with Gasteiger partial charge in [0.1, 0.15) is 0 Å². The molecule has 1 N–H and O–H groups in total. The molecule has 140 valence electrons. The summed E-state index contributed by atoms with van der Waals surface area (Å²) in [5.41, 5.74) is 5.51. The molecule has 1 fully saturated rings. The molecule has 1 amide bonds. The normalized spacial score (nSPS) is 18.0. The lowest BCUT2D eigenvalue weighted by Gasteiger charge is -2.29. The zero-order chi connectivity index (χ0) is 18.4. The van der Waals surface area contributed by atoms with Crippen LogP contribution < -0.4 is 0 Å². The van der Waals surface area contributed by atoms with Crippen molar-refractivity contribution in [3.8, 4) is 11.3 Å². The van der Waals surface area contributed by atoms with E-state index in [2.05, 4.69) is 20.9 Å². The number of aromatic amines is 1. The Balaban J connectivity index is 1.67. The van der Waals surface area contributed by atoms with Crippen molar-refractivity contribution in [2.24, 2.45) is 0 Å². The average Bonchev–Trinajstić information content (AvgIpc) is 3.32. The summed E-state index contributed by atoms with van der Waals surface area (Å²) in [7, 11) is 0. The fourth-order valence-electron chi connectivity index (χ4n) is 4.34. The van der Waals surface area contributed by atoms with E-state index in [-0.39, 0.29) is 5.91 Å². The number of nitrogens with one attached hydrogen (secondary N) is 1. The molecule has 0 spiro atoms. The summed E-state index contributed by atoms with van der Waals surface area (Å²) in [5, 5.41) is 13.4. The van der Waals surface area contributed by atoms with Gasteiger partial charge in [0.05, 0.1) is 23.4 Å². The minimum atomic E-state index is 0.118. The molecule has 0 radical (unpaired) electrons. The number of carbonyl (C=O) groups excluding carboxylic acids is 1. The maximum atomic E-state index is 12.0. The van der Waals surface area contributed by atoms with Crippen LogP contribution in [-0.2, 0) is 22.5 Å². The van der Waals surface area contributed by atoms with Gasteiger partial charge >= 0.3 is 0 Å². The number of ether oxygens (including phenoxy) is 1. The van der Waals surface area contributed by atoms with Crippen molar-refractivity contribution in [1.29, 1.82) is 0 Å². The van der Waals surface area contributed by atoms with Gasteiger partial charge < -0.3 is 9.64 Å². The van der Waals surface area contributed by atoms with Gasteiger partial charge in [0.15, 0.2) is 0 Å². The van der Waals surface area contributed by atoms with Crippen molar-refractivity contribution >= 4 is 16.8 Å². The highest BCUT2D eigenvalue weighted by Gasteiger charge is 2.30. The van der Waals surface area contributed by atoms with E-state index in [4.69, 9.17) is 9.84 Å². The lowest BCUT2D eigenvalue weighted by molar-refractivity contribution is -0.129. The first-order valence-electron chi connectivity index (χ1n) is 9.58. The number of fused-ring (bicyclic) bond motifs is 2. The van der Waals surface area contributed by atoms with Crippen LogP contribution in [0.15, 0.2) is 24.4 Å². The molecule has 5 rings (SSSR count). The highest BCUT2D eigenvalue weighted by Crippen LogP contribution is 2.36. The monoisotopic (exact) mass is 365 g/mol. The molecule has 7 nitrogen and oxygen atoms in total. The Labute approximate surface area is 157 Å². The maximum Gasteiger partial charge on any atom is 0.219 e. The molecule has 27 heavy (non-hydrogen) atoms. The van der Waals surface area contributed by atoms with E-state index in [9.17, 15) is 4.79 Å². The average molecular weight is 365 g/mol. The number of aromatic nitrogens is 4. The van der Waals surface area contributed by atoms with Crippen LogP contribution in [0.1, 0.15) is 37.1 Å². The number of H-pyrrole nitrogens is 1. The van der Waals surface area contributed by atoms with Crippen LogP contribution in [0, 0.1) is 0 Å². The Morgan fingerprint density at radius 1 is 1.30 bits per heavy atom. The van der Waals surface area contributed by atoms with Gasteiger partial charge in [0.2, 0.25) is 5.91 Å². The van der Waals surface area contributed by atoms with Gasteiger partial charge in [-0.2, -0.15) is 10.2 Å². The summed E-state index contributed by atoms with van der Waals surface area (Å²) in [6.45, 7) is 4.59. The Hall–Kier alpha value is -2.67. The first-order chi connectivity index (χ1) is 13.2. The Morgan fingerprint density at radius 2 is 2.15 bits per heavy atom. The van der Waals surface area contributed by atoms with Gasteiger partial charge in [-0.05, 0) is 18.9 Å². The van der Waals surface area contributed by atoms with Crippen LogP contribution in [0.3, 0.4) is 0 Å². The topological polar surface area (TPSA) is 76.0 Å². The molecule has 1 aromatic carbocycles. The summed E-state index contributed by atoms with van der Waals surface area (Å²) < 4.78 is 7.77. The lowest BCUT2D eigenvalue weighted by atomic mass is 9.98. The van der Waals surface area contributed by atoms with Crippen molar-refractivity contribution in [3.63, 3.8) is 0 Å². The van der Waals surface area contributed by atoms with E-state index in [0.717, 1.165) is 61.2 Å². The third kappa shape index (κ3) is 2.73. The van der Waals surface area contributed by atoms with Gasteiger partial charge in [-0.25, -0.2) is 0 Å². The zero-order valence-corrected chi connectivity index (χ0v) is 15.4. The highest BCUT2D eigenvalue weighted by molar-refractivity contribution is 5.94. The summed E-state index contributed by atoms with van der Waals surface area (Å²) >= 11 is 0. The van der Waals surface area contributed by atoms with Crippen molar-refractivity contribution in [1.82, 2.24) is 24.9 Å².